The van der Waals surface area contributed by atoms with Gasteiger partial charge in [-0.3, -0.25) is 9.59 Å². The summed E-state index contributed by atoms with van der Waals surface area (Å²) in [5.41, 5.74) is -0.119. The zero-order valence-corrected chi connectivity index (χ0v) is 16.5. The summed E-state index contributed by atoms with van der Waals surface area (Å²) in [4.78, 5) is 26.2. The average Bonchev–Trinajstić information content (AvgIpc) is 3.07. The van der Waals surface area contributed by atoms with E-state index >= 15 is 0 Å². The SMILES string of the molecule is CSCCC(=O)N1CCC2(CC[C@@H](CNC(=O)c3ccccc3F)O2)CC1. The molecule has 2 amide bonds. The van der Waals surface area contributed by atoms with Crippen molar-refractivity contribution in [2.45, 2.75) is 43.8 Å². The van der Waals surface area contributed by atoms with Gasteiger partial charge in [0.2, 0.25) is 5.91 Å². The number of piperidine rings is 1. The van der Waals surface area contributed by atoms with Crippen LogP contribution in [0.1, 0.15) is 42.5 Å². The van der Waals surface area contributed by atoms with E-state index in [0.717, 1.165) is 44.5 Å². The first-order valence-electron chi connectivity index (χ1n) is 9.50. The third kappa shape index (κ3) is 5.02. The summed E-state index contributed by atoms with van der Waals surface area (Å²) in [6, 6.07) is 5.97. The molecule has 2 heterocycles. The van der Waals surface area contributed by atoms with Gasteiger partial charge in [-0.15, -0.1) is 0 Å². The predicted octanol–water partition coefficient (Wildman–Crippen LogP) is 2.85. The van der Waals surface area contributed by atoms with E-state index in [1.807, 2.05) is 11.2 Å². The van der Waals surface area contributed by atoms with Crippen molar-refractivity contribution in [1.82, 2.24) is 10.2 Å². The van der Waals surface area contributed by atoms with Gasteiger partial charge in [0.25, 0.3) is 5.91 Å². The maximum atomic E-state index is 13.7. The highest BCUT2D eigenvalue weighted by Crippen LogP contribution is 2.38. The minimum absolute atomic E-state index is 0.0560. The zero-order valence-electron chi connectivity index (χ0n) is 15.7. The maximum absolute atomic E-state index is 13.7. The summed E-state index contributed by atoms with van der Waals surface area (Å²) in [6.07, 6.45) is 6.05. The molecule has 27 heavy (non-hydrogen) atoms. The molecule has 0 bridgehead atoms. The van der Waals surface area contributed by atoms with Gasteiger partial charge in [0.15, 0.2) is 0 Å². The summed E-state index contributed by atoms with van der Waals surface area (Å²) in [5, 5.41) is 2.78. The lowest BCUT2D eigenvalue weighted by Crippen LogP contribution is -2.47. The predicted molar refractivity (Wildman–Crippen MR) is 104 cm³/mol. The zero-order chi connectivity index (χ0) is 19.3. The van der Waals surface area contributed by atoms with Crippen LogP contribution in [-0.2, 0) is 9.53 Å². The topological polar surface area (TPSA) is 58.6 Å². The van der Waals surface area contributed by atoms with Crippen LogP contribution in [0.2, 0.25) is 0 Å². The molecule has 3 rings (SSSR count). The summed E-state index contributed by atoms with van der Waals surface area (Å²) < 4.78 is 19.9. The number of amides is 2. The summed E-state index contributed by atoms with van der Waals surface area (Å²) in [6.45, 7) is 1.86. The molecule has 2 aliphatic rings. The van der Waals surface area contributed by atoms with E-state index < -0.39 is 11.7 Å². The van der Waals surface area contributed by atoms with Crippen LogP contribution in [-0.4, -0.2) is 60.1 Å². The van der Waals surface area contributed by atoms with Crippen LogP contribution in [0, 0.1) is 5.82 Å². The number of carbonyl (C=O) groups is 2. The number of hydrogen-bond donors (Lipinski definition) is 1. The standard InChI is InChI=1S/C20H27FN2O3S/c1-27-13-7-18(24)23-11-9-20(10-12-23)8-6-15(26-20)14-22-19(25)16-4-2-3-5-17(16)21/h2-5,15H,6-14H2,1H3,(H,22,25)/t15-/m0/s1. The molecular weight excluding hydrogens is 367 g/mol. The van der Waals surface area contributed by atoms with Crippen LogP contribution in [0.5, 0.6) is 0 Å². The highest BCUT2D eigenvalue weighted by atomic mass is 32.2. The highest BCUT2D eigenvalue weighted by molar-refractivity contribution is 7.98. The van der Waals surface area contributed by atoms with Gasteiger partial charge in [0.1, 0.15) is 5.82 Å². The van der Waals surface area contributed by atoms with E-state index in [2.05, 4.69) is 5.32 Å². The third-order valence-electron chi connectivity index (χ3n) is 5.49. The number of benzene rings is 1. The molecule has 2 fully saturated rings. The number of rotatable bonds is 6. The number of nitrogens with zero attached hydrogens (tertiary/aromatic N) is 1. The van der Waals surface area contributed by atoms with Crippen LogP contribution >= 0.6 is 11.8 Å². The van der Waals surface area contributed by atoms with E-state index in [1.165, 1.54) is 12.1 Å². The van der Waals surface area contributed by atoms with Crippen molar-refractivity contribution < 1.29 is 18.7 Å². The van der Waals surface area contributed by atoms with Crippen LogP contribution in [0.4, 0.5) is 4.39 Å². The number of halogens is 1. The molecule has 1 atom stereocenters. The number of thioether (sulfide) groups is 1. The van der Waals surface area contributed by atoms with Crippen molar-refractivity contribution in [2.75, 3.05) is 31.6 Å². The van der Waals surface area contributed by atoms with E-state index in [-0.39, 0.29) is 23.2 Å². The first-order chi connectivity index (χ1) is 13.0. The minimum atomic E-state index is -0.516. The van der Waals surface area contributed by atoms with Gasteiger partial charge < -0.3 is 15.0 Å². The molecule has 0 unspecified atom stereocenters. The number of carbonyl (C=O) groups excluding carboxylic acids is 2. The van der Waals surface area contributed by atoms with Gasteiger partial charge in [-0.1, -0.05) is 12.1 Å². The summed E-state index contributed by atoms with van der Waals surface area (Å²) in [5.74, 6) is 0.163. The maximum Gasteiger partial charge on any atom is 0.254 e. The fraction of sp³-hybridized carbons (Fsp3) is 0.600. The lowest BCUT2D eigenvalue weighted by Gasteiger charge is -2.39. The lowest BCUT2D eigenvalue weighted by atomic mass is 9.88. The Morgan fingerprint density at radius 2 is 2.04 bits per heavy atom. The Morgan fingerprint density at radius 1 is 1.30 bits per heavy atom. The molecule has 1 aromatic carbocycles. The van der Waals surface area contributed by atoms with E-state index in [1.54, 1.807) is 23.9 Å². The van der Waals surface area contributed by atoms with Crippen molar-refractivity contribution in [3.05, 3.63) is 35.6 Å². The summed E-state index contributed by atoms with van der Waals surface area (Å²) >= 11 is 1.69. The molecular formula is C20H27FN2O3S. The smallest absolute Gasteiger partial charge is 0.254 e. The molecule has 148 valence electrons. The second kappa shape index (κ2) is 9.06. The van der Waals surface area contributed by atoms with Crippen molar-refractivity contribution in [3.63, 3.8) is 0 Å². The van der Waals surface area contributed by atoms with Crippen molar-refractivity contribution >= 4 is 23.6 Å². The quantitative estimate of drug-likeness (QED) is 0.806. The Morgan fingerprint density at radius 3 is 2.74 bits per heavy atom. The number of ether oxygens (including phenoxy) is 1. The van der Waals surface area contributed by atoms with Gasteiger partial charge in [-0.25, -0.2) is 4.39 Å². The average molecular weight is 395 g/mol. The molecule has 5 nitrogen and oxygen atoms in total. The number of likely N-dealkylation sites (tertiary alicyclic amines) is 1. The molecule has 0 aromatic heterocycles. The van der Waals surface area contributed by atoms with Gasteiger partial charge in [0.05, 0.1) is 17.3 Å². The molecule has 1 spiro atoms. The first-order valence-corrected chi connectivity index (χ1v) is 10.9. The summed E-state index contributed by atoms with van der Waals surface area (Å²) in [7, 11) is 0. The van der Waals surface area contributed by atoms with Crippen LogP contribution < -0.4 is 5.32 Å². The van der Waals surface area contributed by atoms with Gasteiger partial charge in [0, 0.05) is 31.8 Å². The van der Waals surface area contributed by atoms with Gasteiger partial charge in [-0.2, -0.15) is 11.8 Å². The minimum Gasteiger partial charge on any atom is -0.370 e. The fourth-order valence-corrected chi connectivity index (χ4v) is 4.24. The van der Waals surface area contributed by atoms with E-state index in [4.69, 9.17) is 4.74 Å². The third-order valence-corrected chi connectivity index (χ3v) is 6.11. The van der Waals surface area contributed by atoms with Gasteiger partial charge in [-0.05, 0) is 44.1 Å². The fourth-order valence-electron chi connectivity index (χ4n) is 3.87. The van der Waals surface area contributed by atoms with Crippen molar-refractivity contribution in [2.24, 2.45) is 0 Å². The lowest BCUT2D eigenvalue weighted by molar-refractivity contribution is -0.137. The van der Waals surface area contributed by atoms with Crippen LogP contribution in [0.25, 0.3) is 0 Å². The van der Waals surface area contributed by atoms with Crippen LogP contribution in [0.3, 0.4) is 0 Å². The monoisotopic (exact) mass is 394 g/mol. The Labute approximate surface area is 164 Å². The molecule has 1 aromatic rings. The largest absolute Gasteiger partial charge is 0.370 e. The van der Waals surface area contributed by atoms with E-state index in [9.17, 15) is 14.0 Å². The Hall–Kier alpha value is -1.60. The normalized spacial score (nSPS) is 21.4. The van der Waals surface area contributed by atoms with Crippen molar-refractivity contribution in [1.29, 1.82) is 0 Å². The Kier molecular flexibility index (Phi) is 6.76. The van der Waals surface area contributed by atoms with E-state index in [0.29, 0.717) is 13.0 Å². The molecule has 0 radical (unpaired) electrons. The molecule has 0 aliphatic carbocycles. The Balaban J connectivity index is 1.45. The number of hydrogen-bond acceptors (Lipinski definition) is 4. The highest BCUT2D eigenvalue weighted by Gasteiger charge is 2.43. The molecule has 2 saturated heterocycles. The molecule has 2 aliphatic heterocycles. The first kappa shape index (κ1) is 20.1. The second-order valence-corrected chi connectivity index (χ2v) is 8.26. The van der Waals surface area contributed by atoms with Crippen LogP contribution in [0.15, 0.2) is 24.3 Å². The number of nitrogens with one attached hydrogen (secondary N) is 1. The molecule has 1 N–H and O–H groups in total. The molecule has 0 saturated carbocycles. The molecule has 7 heteroatoms. The second-order valence-electron chi connectivity index (χ2n) is 7.28. The Bertz CT molecular complexity index is 677. The van der Waals surface area contributed by atoms with Gasteiger partial charge >= 0.3 is 0 Å². The van der Waals surface area contributed by atoms with Crippen molar-refractivity contribution in [3.8, 4) is 0 Å².